The lowest BCUT2D eigenvalue weighted by Crippen LogP contribution is -2.36. The molecule has 20 heavy (non-hydrogen) atoms. The minimum Gasteiger partial charge on any atom is -0.425 e. The molecular weight excluding hydrogens is 250 g/mol. The third-order valence-corrected chi connectivity index (χ3v) is 4.65. The molecule has 1 aromatic heterocycles. The van der Waals surface area contributed by atoms with Crippen LogP contribution in [0.1, 0.15) is 70.6 Å². The van der Waals surface area contributed by atoms with Crippen LogP contribution in [-0.2, 0) is 6.42 Å². The Morgan fingerprint density at radius 2 is 1.85 bits per heavy atom. The van der Waals surface area contributed by atoms with Crippen LogP contribution in [0.2, 0.25) is 0 Å². The van der Waals surface area contributed by atoms with E-state index in [0.29, 0.717) is 5.92 Å². The first-order valence-corrected chi connectivity index (χ1v) is 8.12. The second-order valence-electron chi connectivity index (χ2n) is 7.45. The Morgan fingerprint density at radius 1 is 1.15 bits per heavy atom. The van der Waals surface area contributed by atoms with Crippen LogP contribution in [0.5, 0.6) is 0 Å². The molecule has 0 saturated heterocycles. The molecule has 0 amide bonds. The highest BCUT2D eigenvalue weighted by molar-refractivity contribution is 5.14. The predicted octanol–water partition coefficient (Wildman–Crippen LogP) is 3.29. The molecule has 0 aromatic carbocycles. The number of aromatic nitrogens is 2. The summed E-state index contributed by atoms with van der Waals surface area (Å²) in [6.45, 7) is 7.56. The third kappa shape index (κ3) is 3.22. The number of aryl methyl sites for hydroxylation is 1. The summed E-state index contributed by atoms with van der Waals surface area (Å²) in [6.07, 6.45) is 7.44. The van der Waals surface area contributed by atoms with E-state index in [4.69, 9.17) is 4.42 Å². The van der Waals surface area contributed by atoms with Gasteiger partial charge in [-0.15, -0.1) is 10.2 Å². The molecule has 4 heteroatoms. The van der Waals surface area contributed by atoms with E-state index in [1.54, 1.807) is 0 Å². The molecule has 2 aliphatic rings. The molecule has 2 fully saturated rings. The molecule has 2 saturated carbocycles. The Kier molecular flexibility index (Phi) is 3.85. The number of nitrogens with zero attached hydrogens (tertiary/aromatic N) is 2. The van der Waals surface area contributed by atoms with Crippen LogP contribution >= 0.6 is 0 Å². The summed E-state index contributed by atoms with van der Waals surface area (Å²) in [5.41, 5.74) is 0.184. The fourth-order valence-corrected chi connectivity index (χ4v) is 3.56. The molecule has 112 valence electrons. The van der Waals surface area contributed by atoms with E-state index in [-0.39, 0.29) is 5.54 Å². The smallest absolute Gasteiger partial charge is 0.220 e. The largest absolute Gasteiger partial charge is 0.425 e. The molecule has 2 aliphatic carbocycles. The number of fused-ring (bicyclic) bond motifs is 1. The normalized spacial score (nSPS) is 29.2. The Hall–Kier alpha value is -0.900. The van der Waals surface area contributed by atoms with E-state index in [2.05, 4.69) is 36.3 Å². The maximum atomic E-state index is 5.88. The summed E-state index contributed by atoms with van der Waals surface area (Å²) in [7, 11) is 0. The average Bonchev–Trinajstić information content (AvgIpc) is 2.94. The highest BCUT2D eigenvalue weighted by Gasteiger charge is 2.54. The number of hydrogen-bond acceptors (Lipinski definition) is 4. The Morgan fingerprint density at radius 3 is 2.50 bits per heavy atom. The van der Waals surface area contributed by atoms with E-state index in [0.717, 1.165) is 43.0 Å². The van der Waals surface area contributed by atoms with Gasteiger partial charge in [-0.05, 0) is 58.4 Å². The molecule has 0 spiro atoms. The molecule has 4 nitrogen and oxygen atoms in total. The standard InChI is InChI=1S/C16H27N3O/c1-16(2,3)17-10-6-9-13-18-19-15(20-13)14-11-7-4-5-8-12(11)14/h11-12,14,17H,4-10H2,1-3H3. The summed E-state index contributed by atoms with van der Waals surface area (Å²) in [4.78, 5) is 0. The minimum atomic E-state index is 0.184. The van der Waals surface area contributed by atoms with Crippen molar-refractivity contribution in [1.29, 1.82) is 0 Å². The van der Waals surface area contributed by atoms with Crippen molar-refractivity contribution in [2.75, 3.05) is 6.54 Å². The first kappa shape index (κ1) is 14.1. The SMILES string of the molecule is CC(C)(C)NCCCc1nnc(C2C3CCCCC32)o1. The zero-order valence-corrected chi connectivity index (χ0v) is 13.0. The Labute approximate surface area is 121 Å². The summed E-state index contributed by atoms with van der Waals surface area (Å²) in [5.74, 6) is 4.02. The predicted molar refractivity (Wildman–Crippen MR) is 78.6 cm³/mol. The van der Waals surface area contributed by atoms with Crippen LogP contribution in [0.4, 0.5) is 0 Å². The van der Waals surface area contributed by atoms with Crippen molar-refractivity contribution in [3.8, 4) is 0 Å². The topological polar surface area (TPSA) is 51.0 Å². The maximum absolute atomic E-state index is 5.88. The second kappa shape index (κ2) is 5.47. The molecule has 2 atom stereocenters. The number of hydrogen-bond donors (Lipinski definition) is 1. The molecule has 0 bridgehead atoms. The van der Waals surface area contributed by atoms with Gasteiger partial charge in [-0.2, -0.15) is 0 Å². The van der Waals surface area contributed by atoms with Gasteiger partial charge in [0.25, 0.3) is 0 Å². The monoisotopic (exact) mass is 277 g/mol. The van der Waals surface area contributed by atoms with Crippen LogP contribution in [0.25, 0.3) is 0 Å². The van der Waals surface area contributed by atoms with Gasteiger partial charge in [0.15, 0.2) is 0 Å². The van der Waals surface area contributed by atoms with Crippen LogP contribution in [0, 0.1) is 11.8 Å². The Balaban J connectivity index is 1.46. The molecule has 1 heterocycles. The van der Waals surface area contributed by atoms with Gasteiger partial charge in [0.2, 0.25) is 11.8 Å². The maximum Gasteiger partial charge on any atom is 0.220 e. The van der Waals surface area contributed by atoms with Gasteiger partial charge in [-0.1, -0.05) is 12.8 Å². The van der Waals surface area contributed by atoms with Crippen molar-refractivity contribution in [3.05, 3.63) is 11.8 Å². The van der Waals surface area contributed by atoms with E-state index in [1.807, 2.05) is 0 Å². The third-order valence-electron chi connectivity index (χ3n) is 4.65. The van der Waals surface area contributed by atoms with E-state index >= 15 is 0 Å². The number of nitrogens with one attached hydrogen (secondary N) is 1. The van der Waals surface area contributed by atoms with Crippen molar-refractivity contribution >= 4 is 0 Å². The molecule has 3 rings (SSSR count). The van der Waals surface area contributed by atoms with E-state index in [9.17, 15) is 0 Å². The lowest BCUT2D eigenvalue weighted by molar-refractivity contribution is 0.403. The van der Waals surface area contributed by atoms with Gasteiger partial charge in [-0.25, -0.2) is 0 Å². The van der Waals surface area contributed by atoms with Gasteiger partial charge in [0.05, 0.1) is 0 Å². The van der Waals surface area contributed by atoms with Gasteiger partial charge >= 0.3 is 0 Å². The summed E-state index contributed by atoms with van der Waals surface area (Å²) in [6, 6.07) is 0. The molecular formula is C16H27N3O. The second-order valence-corrected chi connectivity index (χ2v) is 7.45. The minimum absolute atomic E-state index is 0.184. The van der Waals surface area contributed by atoms with Crippen molar-refractivity contribution in [3.63, 3.8) is 0 Å². The highest BCUT2D eigenvalue weighted by Crippen LogP contribution is 2.60. The van der Waals surface area contributed by atoms with Crippen LogP contribution < -0.4 is 5.32 Å². The number of rotatable bonds is 5. The Bertz CT molecular complexity index is 437. The van der Waals surface area contributed by atoms with Crippen LogP contribution in [0.15, 0.2) is 4.42 Å². The van der Waals surface area contributed by atoms with Gasteiger partial charge in [0.1, 0.15) is 0 Å². The lowest BCUT2D eigenvalue weighted by Gasteiger charge is -2.19. The van der Waals surface area contributed by atoms with Crippen LogP contribution in [-0.4, -0.2) is 22.3 Å². The zero-order valence-electron chi connectivity index (χ0n) is 13.0. The summed E-state index contributed by atoms with van der Waals surface area (Å²) < 4.78 is 5.88. The van der Waals surface area contributed by atoms with Crippen LogP contribution in [0.3, 0.4) is 0 Å². The lowest BCUT2D eigenvalue weighted by atomic mass is 10.0. The van der Waals surface area contributed by atoms with E-state index in [1.165, 1.54) is 25.7 Å². The van der Waals surface area contributed by atoms with Gasteiger partial charge < -0.3 is 9.73 Å². The average molecular weight is 277 g/mol. The van der Waals surface area contributed by atoms with Crippen molar-refractivity contribution < 1.29 is 4.42 Å². The highest BCUT2D eigenvalue weighted by atomic mass is 16.4. The first-order chi connectivity index (χ1) is 9.54. The van der Waals surface area contributed by atoms with E-state index < -0.39 is 0 Å². The molecule has 0 aliphatic heterocycles. The quantitative estimate of drug-likeness (QED) is 0.839. The molecule has 1 aromatic rings. The first-order valence-electron chi connectivity index (χ1n) is 8.12. The fourth-order valence-electron chi connectivity index (χ4n) is 3.56. The fraction of sp³-hybridized carbons (Fsp3) is 0.875. The summed E-state index contributed by atoms with van der Waals surface area (Å²) >= 11 is 0. The zero-order chi connectivity index (χ0) is 14.2. The summed E-state index contributed by atoms with van der Waals surface area (Å²) in [5, 5.41) is 12.0. The van der Waals surface area contributed by atoms with Crippen molar-refractivity contribution in [2.24, 2.45) is 11.8 Å². The van der Waals surface area contributed by atoms with Crippen molar-refractivity contribution in [1.82, 2.24) is 15.5 Å². The van der Waals surface area contributed by atoms with Gasteiger partial charge in [-0.3, -0.25) is 0 Å². The molecule has 1 N–H and O–H groups in total. The molecule has 2 unspecified atom stereocenters. The van der Waals surface area contributed by atoms with Gasteiger partial charge in [0, 0.05) is 17.9 Å². The molecule has 0 radical (unpaired) electrons. The van der Waals surface area contributed by atoms with Crippen molar-refractivity contribution in [2.45, 2.75) is 70.8 Å².